The third-order valence-electron chi connectivity index (χ3n) is 2.93. The van der Waals surface area contributed by atoms with Crippen LogP contribution in [0.4, 0.5) is 17.1 Å². The fourth-order valence-electron chi connectivity index (χ4n) is 1.82. The number of benzene rings is 1. The number of nitrogens with zero attached hydrogens (tertiary/aromatic N) is 3. The van der Waals surface area contributed by atoms with Crippen molar-refractivity contribution in [3.8, 4) is 0 Å². The highest BCUT2D eigenvalue weighted by Crippen LogP contribution is 2.26. The lowest BCUT2D eigenvalue weighted by Gasteiger charge is -2.08. The maximum atomic E-state index is 12.0. The van der Waals surface area contributed by atoms with Crippen LogP contribution in [0.25, 0.3) is 0 Å². The molecule has 1 aromatic heterocycles. The molecule has 0 aliphatic heterocycles. The Hall–Kier alpha value is -3.27. The maximum Gasteiger partial charge on any atom is 0.285 e. The average molecular weight is 353 g/mol. The van der Waals surface area contributed by atoms with Crippen molar-refractivity contribution in [3.63, 3.8) is 0 Å². The molecule has 0 radical (unpaired) electrons. The van der Waals surface area contributed by atoms with Gasteiger partial charge >= 0.3 is 0 Å². The van der Waals surface area contributed by atoms with E-state index in [1.807, 2.05) is 0 Å². The number of hydrogen-bond donors (Lipinski definition) is 1. The molecule has 0 fully saturated rings. The number of non-ortho nitro benzene ring substituents is 1. The van der Waals surface area contributed by atoms with Gasteiger partial charge in [-0.15, -0.1) is 0 Å². The van der Waals surface area contributed by atoms with Gasteiger partial charge in [-0.1, -0.05) is 11.6 Å². The SMILES string of the molecule is O=C(Cn1cc([N+](=O)[O-])ccc1=O)Nc1cc([N+](=O)[O-])ccc1Cl. The van der Waals surface area contributed by atoms with Crippen molar-refractivity contribution in [1.29, 1.82) is 0 Å². The summed E-state index contributed by atoms with van der Waals surface area (Å²) in [4.78, 5) is 43.7. The Bertz CT molecular complexity index is 894. The first-order valence-corrected chi connectivity index (χ1v) is 6.74. The molecule has 11 heteroatoms. The zero-order valence-corrected chi connectivity index (χ0v) is 12.6. The van der Waals surface area contributed by atoms with E-state index in [0.29, 0.717) is 0 Å². The van der Waals surface area contributed by atoms with E-state index in [-0.39, 0.29) is 22.1 Å². The van der Waals surface area contributed by atoms with Crippen LogP contribution in [-0.4, -0.2) is 20.3 Å². The Morgan fingerprint density at radius 1 is 1.12 bits per heavy atom. The monoisotopic (exact) mass is 352 g/mol. The van der Waals surface area contributed by atoms with Crippen molar-refractivity contribution in [3.05, 3.63) is 72.1 Å². The highest BCUT2D eigenvalue weighted by molar-refractivity contribution is 6.33. The summed E-state index contributed by atoms with van der Waals surface area (Å²) in [6.45, 7) is -0.514. The number of carbonyl (C=O) groups is 1. The van der Waals surface area contributed by atoms with Crippen molar-refractivity contribution in [2.45, 2.75) is 6.54 Å². The second-order valence-corrected chi connectivity index (χ2v) is 4.99. The minimum absolute atomic E-state index is 0.00523. The summed E-state index contributed by atoms with van der Waals surface area (Å²) in [5, 5.41) is 23.8. The molecule has 2 rings (SSSR count). The summed E-state index contributed by atoms with van der Waals surface area (Å²) in [6, 6.07) is 5.47. The first-order chi connectivity index (χ1) is 11.3. The van der Waals surface area contributed by atoms with Gasteiger partial charge in [-0.3, -0.25) is 34.4 Å². The smallest absolute Gasteiger partial charge is 0.285 e. The van der Waals surface area contributed by atoms with E-state index in [0.717, 1.165) is 29.0 Å². The first kappa shape index (κ1) is 17.1. The van der Waals surface area contributed by atoms with Crippen LogP contribution in [0.1, 0.15) is 0 Å². The number of carbonyl (C=O) groups excluding carboxylic acids is 1. The fourth-order valence-corrected chi connectivity index (χ4v) is 1.98. The van der Waals surface area contributed by atoms with Crippen LogP contribution in [0.2, 0.25) is 5.02 Å². The lowest BCUT2D eigenvalue weighted by molar-refractivity contribution is -0.385. The summed E-state index contributed by atoms with van der Waals surface area (Å²) >= 11 is 5.85. The predicted octanol–water partition coefficient (Wildman–Crippen LogP) is 1.96. The molecular weight excluding hydrogens is 344 g/mol. The number of nitro groups is 2. The summed E-state index contributed by atoms with van der Waals surface area (Å²) in [7, 11) is 0. The quantitative estimate of drug-likeness (QED) is 0.644. The minimum atomic E-state index is -0.722. The van der Waals surface area contributed by atoms with Gasteiger partial charge in [0.25, 0.3) is 16.9 Å². The zero-order chi connectivity index (χ0) is 17.9. The van der Waals surface area contributed by atoms with Gasteiger partial charge in [0, 0.05) is 24.3 Å². The molecular formula is C13H9ClN4O6. The minimum Gasteiger partial charge on any atom is -0.323 e. The highest BCUT2D eigenvalue weighted by atomic mass is 35.5. The van der Waals surface area contributed by atoms with E-state index in [2.05, 4.69) is 5.32 Å². The summed E-state index contributed by atoms with van der Waals surface area (Å²) in [6.07, 6.45) is 0.928. The van der Waals surface area contributed by atoms with Crippen molar-refractivity contribution >= 4 is 34.6 Å². The molecule has 10 nitrogen and oxygen atoms in total. The van der Waals surface area contributed by atoms with Crippen LogP contribution >= 0.6 is 11.6 Å². The lowest BCUT2D eigenvalue weighted by atomic mass is 10.2. The van der Waals surface area contributed by atoms with E-state index < -0.39 is 27.9 Å². The molecule has 1 amide bonds. The number of nitro benzene ring substituents is 1. The van der Waals surface area contributed by atoms with Gasteiger partial charge in [0.05, 0.1) is 26.8 Å². The Morgan fingerprint density at radius 3 is 2.38 bits per heavy atom. The molecule has 2 aromatic rings. The zero-order valence-electron chi connectivity index (χ0n) is 11.8. The molecule has 124 valence electrons. The van der Waals surface area contributed by atoms with Gasteiger partial charge < -0.3 is 5.32 Å². The summed E-state index contributed by atoms with van der Waals surface area (Å²) in [5.41, 5.74) is -1.24. The molecule has 1 heterocycles. The van der Waals surface area contributed by atoms with Crippen LogP contribution < -0.4 is 10.9 Å². The van der Waals surface area contributed by atoms with Crippen LogP contribution in [-0.2, 0) is 11.3 Å². The van der Waals surface area contributed by atoms with Crippen LogP contribution in [0, 0.1) is 20.2 Å². The number of halogens is 1. The lowest BCUT2D eigenvalue weighted by Crippen LogP contribution is -2.27. The van der Waals surface area contributed by atoms with Gasteiger partial charge in [0.15, 0.2) is 0 Å². The van der Waals surface area contributed by atoms with E-state index in [4.69, 9.17) is 11.6 Å². The summed E-state index contributed by atoms with van der Waals surface area (Å²) in [5.74, 6) is -0.722. The molecule has 0 aliphatic rings. The van der Waals surface area contributed by atoms with E-state index in [1.54, 1.807) is 0 Å². The Balaban J connectivity index is 2.21. The second kappa shape index (κ2) is 6.87. The highest BCUT2D eigenvalue weighted by Gasteiger charge is 2.14. The van der Waals surface area contributed by atoms with Crippen molar-refractivity contribution < 1.29 is 14.6 Å². The normalized spacial score (nSPS) is 10.2. The topological polar surface area (TPSA) is 137 Å². The Morgan fingerprint density at radius 2 is 1.75 bits per heavy atom. The molecule has 0 aliphatic carbocycles. The Kier molecular flexibility index (Phi) is 4.90. The fraction of sp³-hybridized carbons (Fsp3) is 0.0769. The van der Waals surface area contributed by atoms with Crippen molar-refractivity contribution in [2.75, 3.05) is 5.32 Å². The van der Waals surface area contributed by atoms with E-state index in [9.17, 15) is 29.8 Å². The molecule has 0 atom stereocenters. The third kappa shape index (κ3) is 3.93. The molecule has 0 saturated heterocycles. The molecule has 0 unspecified atom stereocenters. The third-order valence-corrected chi connectivity index (χ3v) is 3.26. The number of pyridine rings is 1. The van der Waals surface area contributed by atoms with Crippen molar-refractivity contribution in [2.24, 2.45) is 0 Å². The number of hydrogen-bond acceptors (Lipinski definition) is 6. The van der Waals surface area contributed by atoms with Crippen LogP contribution in [0.15, 0.2) is 41.3 Å². The molecule has 0 spiro atoms. The standard InChI is InChI=1S/C13H9ClN4O6/c14-10-3-1-8(17(21)22)5-11(10)15-12(19)7-16-6-9(18(23)24)2-4-13(16)20/h1-6H,7H2,(H,15,19). The molecule has 1 N–H and O–H groups in total. The van der Waals surface area contributed by atoms with Gasteiger partial charge in [-0.2, -0.15) is 0 Å². The van der Waals surface area contributed by atoms with Crippen molar-refractivity contribution in [1.82, 2.24) is 4.57 Å². The van der Waals surface area contributed by atoms with Gasteiger partial charge in [-0.05, 0) is 6.07 Å². The number of anilines is 1. The second-order valence-electron chi connectivity index (χ2n) is 4.58. The molecule has 0 saturated carbocycles. The number of aromatic nitrogens is 1. The number of amides is 1. The largest absolute Gasteiger partial charge is 0.323 e. The van der Waals surface area contributed by atoms with Gasteiger partial charge in [0.2, 0.25) is 5.91 Å². The maximum absolute atomic E-state index is 12.0. The number of rotatable bonds is 5. The first-order valence-electron chi connectivity index (χ1n) is 6.36. The van der Waals surface area contributed by atoms with E-state index in [1.165, 1.54) is 12.1 Å². The van der Waals surface area contributed by atoms with Gasteiger partial charge in [0.1, 0.15) is 6.54 Å². The molecule has 24 heavy (non-hydrogen) atoms. The van der Waals surface area contributed by atoms with Crippen LogP contribution in [0.5, 0.6) is 0 Å². The Labute approximate surface area is 138 Å². The number of nitrogens with one attached hydrogen (secondary N) is 1. The van der Waals surface area contributed by atoms with Gasteiger partial charge in [-0.25, -0.2) is 0 Å². The van der Waals surface area contributed by atoms with E-state index >= 15 is 0 Å². The predicted molar refractivity (Wildman–Crippen MR) is 84.1 cm³/mol. The average Bonchev–Trinajstić information content (AvgIpc) is 2.51. The van der Waals surface area contributed by atoms with Crippen LogP contribution in [0.3, 0.4) is 0 Å². The molecule has 1 aromatic carbocycles. The summed E-state index contributed by atoms with van der Waals surface area (Å²) < 4.78 is 0.846. The molecule has 0 bridgehead atoms.